The zero-order chi connectivity index (χ0) is 18.9. The molecule has 0 saturated carbocycles. The number of unbranched alkanes of at least 4 members (excludes halogenated alkanes) is 1. The Kier molecular flexibility index (Phi) is 7.88. The maximum Gasteiger partial charge on any atom is 0.338 e. The van der Waals surface area contributed by atoms with Crippen LogP contribution in [0.1, 0.15) is 46.8 Å². The summed E-state index contributed by atoms with van der Waals surface area (Å²) in [5.41, 5.74) is 2.97. The molecule has 0 aliphatic carbocycles. The Bertz CT molecular complexity index is 713. The van der Waals surface area contributed by atoms with Gasteiger partial charge in [0, 0.05) is 5.56 Å². The van der Waals surface area contributed by atoms with Crippen molar-refractivity contribution in [3.05, 3.63) is 64.7 Å². The van der Waals surface area contributed by atoms with Gasteiger partial charge in [-0.05, 0) is 49.2 Å². The molecule has 0 aromatic heterocycles. The van der Waals surface area contributed by atoms with Gasteiger partial charge in [-0.2, -0.15) is 0 Å². The lowest BCUT2D eigenvalue weighted by molar-refractivity contribution is 0.0469. The van der Waals surface area contributed by atoms with Crippen molar-refractivity contribution in [1.29, 1.82) is 0 Å². The van der Waals surface area contributed by atoms with Crippen molar-refractivity contribution in [3.8, 4) is 5.75 Å². The van der Waals surface area contributed by atoms with Crippen molar-refractivity contribution in [2.24, 2.45) is 0 Å². The van der Waals surface area contributed by atoms with Crippen LogP contribution >= 0.6 is 0 Å². The van der Waals surface area contributed by atoms with Crippen LogP contribution in [0.4, 0.5) is 0 Å². The van der Waals surface area contributed by atoms with E-state index in [1.807, 2.05) is 43.4 Å². The largest absolute Gasteiger partial charge is 0.508 e. The summed E-state index contributed by atoms with van der Waals surface area (Å²) >= 11 is 0. The third kappa shape index (κ3) is 5.71. The molecule has 5 heteroatoms. The number of ether oxygens (including phenoxy) is 1. The first-order chi connectivity index (χ1) is 12.5. The number of carbonyl (C=O) groups excluding carboxylic acids is 1. The van der Waals surface area contributed by atoms with Gasteiger partial charge in [-0.15, -0.1) is 0 Å². The number of rotatable bonds is 9. The zero-order valence-electron chi connectivity index (χ0n) is 15.7. The van der Waals surface area contributed by atoms with Crippen LogP contribution in [-0.4, -0.2) is 20.1 Å². The van der Waals surface area contributed by atoms with E-state index in [-0.39, 0.29) is 18.3 Å². The van der Waals surface area contributed by atoms with Crippen LogP contribution in [0.15, 0.2) is 42.5 Å². The molecular formula is C21H27O4Si. The van der Waals surface area contributed by atoms with Crippen LogP contribution in [0.5, 0.6) is 5.75 Å². The van der Waals surface area contributed by atoms with Crippen molar-refractivity contribution in [2.45, 2.75) is 52.5 Å². The maximum atomic E-state index is 12.7. The second kappa shape index (κ2) is 10.1. The SMILES string of the molecule is CCCCc1c(O)ccc(C(=O)OCc2ccccc2)c1CO[Si](C)C. The molecule has 0 aliphatic heterocycles. The van der Waals surface area contributed by atoms with Crippen molar-refractivity contribution in [3.63, 3.8) is 0 Å². The molecule has 0 heterocycles. The highest BCUT2D eigenvalue weighted by Crippen LogP contribution is 2.28. The Hall–Kier alpha value is -2.11. The predicted molar refractivity (Wildman–Crippen MR) is 105 cm³/mol. The monoisotopic (exact) mass is 371 g/mol. The molecule has 0 bridgehead atoms. The van der Waals surface area contributed by atoms with Crippen LogP contribution in [0.3, 0.4) is 0 Å². The fourth-order valence-electron chi connectivity index (χ4n) is 2.69. The molecular weight excluding hydrogens is 344 g/mol. The summed E-state index contributed by atoms with van der Waals surface area (Å²) in [6, 6.07) is 12.8. The Balaban J connectivity index is 2.25. The summed E-state index contributed by atoms with van der Waals surface area (Å²) in [5.74, 6) is -0.163. The van der Waals surface area contributed by atoms with Crippen LogP contribution < -0.4 is 0 Å². The zero-order valence-corrected chi connectivity index (χ0v) is 16.7. The Morgan fingerprint density at radius 3 is 2.42 bits per heavy atom. The van der Waals surface area contributed by atoms with Crippen LogP contribution in [0.2, 0.25) is 13.1 Å². The number of hydrogen-bond donors (Lipinski definition) is 1. The number of carbonyl (C=O) groups is 1. The van der Waals surface area contributed by atoms with Crippen LogP contribution in [-0.2, 0) is 28.8 Å². The minimum Gasteiger partial charge on any atom is -0.508 e. The first kappa shape index (κ1) is 20.2. The van der Waals surface area contributed by atoms with Crippen LogP contribution in [0, 0.1) is 0 Å². The number of esters is 1. The fourth-order valence-corrected chi connectivity index (χ4v) is 3.12. The standard InChI is InChI=1S/C21H27O4Si/c1-4-5-11-17-19(15-25-26(2)3)18(12-13-20(17)22)21(23)24-14-16-9-7-6-8-10-16/h6-10,12-13,22H,4-5,11,14-15H2,1-3H3. The number of phenolic OH excluding ortho intramolecular Hbond substituents is 1. The Morgan fingerprint density at radius 2 is 1.77 bits per heavy atom. The summed E-state index contributed by atoms with van der Waals surface area (Å²) in [5, 5.41) is 10.3. The van der Waals surface area contributed by atoms with E-state index < -0.39 is 9.04 Å². The van der Waals surface area contributed by atoms with Gasteiger partial charge < -0.3 is 14.3 Å². The van der Waals surface area contributed by atoms with E-state index in [0.29, 0.717) is 12.2 Å². The van der Waals surface area contributed by atoms with Gasteiger partial charge in [0.1, 0.15) is 12.4 Å². The third-order valence-corrected chi connectivity index (χ3v) is 4.85. The molecule has 4 nitrogen and oxygen atoms in total. The number of benzene rings is 2. The molecule has 0 fully saturated rings. The number of aromatic hydroxyl groups is 1. The molecule has 0 spiro atoms. The lowest BCUT2D eigenvalue weighted by Gasteiger charge is -2.17. The van der Waals surface area contributed by atoms with Crippen molar-refractivity contribution >= 4 is 15.0 Å². The molecule has 0 atom stereocenters. The highest BCUT2D eigenvalue weighted by molar-refractivity contribution is 6.48. The molecule has 0 aliphatic rings. The van der Waals surface area contributed by atoms with E-state index >= 15 is 0 Å². The number of hydrogen-bond acceptors (Lipinski definition) is 4. The van der Waals surface area contributed by atoms with Gasteiger partial charge in [0.25, 0.3) is 0 Å². The minimum atomic E-state index is -0.912. The predicted octanol–water partition coefficient (Wildman–Crippen LogP) is 4.86. The second-order valence-electron chi connectivity index (χ2n) is 6.45. The van der Waals surface area contributed by atoms with E-state index in [4.69, 9.17) is 9.16 Å². The molecule has 0 unspecified atom stereocenters. The molecule has 1 N–H and O–H groups in total. The van der Waals surface area contributed by atoms with Crippen molar-refractivity contribution in [2.75, 3.05) is 0 Å². The van der Waals surface area contributed by atoms with Gasteiger partial charge in [0.05, 0.1) is 12.2 Å². The average Bonchev–Trinajstić information content (AvgIpc) is 2.64. The molecule has 26 heavy (non-hydrogen) atoms. The second-order valence-corrected chi connectivity index (χ2v) is 8.56. The summed E-state index contributed by atoms with van der Waals surface area (Å²) in [4.78, 5) is 12.7. The quantitative estimate of drug-likeness (QED) is 0.505. The average molecular weight is 372 g/mol. The van der Waals surface area contributed by atoms with Gasteiger partial charge >= 0.3 is 5.97 Å². The summed E-state index contributed by atoms with van der Waals surface area (Å²) in [6.07, 6.45) is 2.68. The smallest absolute Gasteiger partial charge is 0.338 e. The van der Waals surface area contributed by atoms with Gasteiger partial charge in [0.2, 0.25) is 9.04 Å². The van der Waals surface area contributed by atoms with Gasteiger partial charge in [0.15, 0.2) is 0 Å². The van der Waals surface area contributed by atoms with E-state index in [0.717, 1.165) is 36.0 Å². The summed E-state index contributed by atoms with van der Waals surface area (Å²) < 4.78 is 11.3. The van der Waals surface area contributed by atoms with E-state index in [1.54, 1.807) is 12.1 Å². The summed E-state index contributed by atoms with van der Waals surface area (Å²) in [7, 11) is -0.912. The highest BCUT2D eigenvalue weighted by Gasteiger charge is 2.20. The fraction of sp³-hybridized carbons (Fsp3) is 0.381. The molecule has 0 saturated heterocycles. The Morgan fingerprint density at radius 1 is 1.04 bits per heavy atom. The molecule has 2 aromatic carbocycles. The van der Waals surface area contributed by atoms with Gasteiger partial charge in [-0.3, -0.25) is 0 Å². The van der Waals surface area contributed by atoms with Crippen molar-refractivity contribution < 1.29 is 19.1 Å². The first-order valence-corrected chi connectivity index (χ1v) is 11.4. The van der Waals surface area contributed by atoms with Crippen molar-refractivity contribution in [1.82, 2.24) is 0 Å². The van der Waals surface area contributed by atoms with E-state index in [9.17, 15) is 9.90 Å². The molecule has 139 valence electrons. The highest BCUT2D eigenvalue weighted by atomic mass is 28.3. The van der Waals surface area contributed by atoms with Crippen LogP contribution in [0.25, 0.3) is 0 Å². The first-order valence-electron chi connectivity index (χ1n) is 9.00. The molecule has 1 radical (unpaired) electrons. The van der Waals surface area contributed by atoms with Gasteiger partial charge in [-0.25, -0.2) is 4.79 Å². The van der Waals surface area contributed by atoms with E-state index in [1.165, 1.54) is 0 Å². The number of phenols is 1. The Labute approximate surface area is 157 Å². The topological polar surface area (TPSA) is 55.8 Å². The maximum absolute atomic E-state index is 12.7. The lowest BCUT2D eigenvalue weighted by Crippen LogP contribution is -2.15. The van der Waals surface area contributed by atoms with E-state index in [2.05, 4.69) is 6.92 Å². The van der Waals surface area contributed by atoms with Gasteiger partial charge in [-0.1, -0.05) is 43.7 Å². The normalized spacial score (nSPS) is 10.9. The minimum absolute atomic E-state index is 0.220. The molecule has 2 rings (SSSR count). The summed E-state index contributed by atoms with van der Waals surface area (Å²) in [6.45, 7) is 6.75. The molecule has 2 aromatic rings. The molecule has 0 amide bonds. The lowest BCUT2D eigenvalue weighted by atomic mass is 9.96. The third-order valence-electron chi connectivity index (χ3n) is 4.12.